The molecule has 0 aliphatic rings. The largest absolute Gasteiger partial charge is 0.261 e. The number of nitrogens with two attached hydrogens (primary N) is 1. The number of hydrogen-bond acceptors (Lipinski definition) is 4. The van der Waals surface area contributed by atoms with Crippen LogP contribution in [0, 0.1) is 0 Å². The van der Waals surface area contributed by atoms with Crippen molar-refractivity contribution in [3.8, 4) is 0 Å². The van der Waals surface area contributed by atoms with Crippen LogP contribution in [0.2, 0.25) is 0 Å². The van der Waals surface area contributed by atoms with Gasteiger partial charge < -0.3 is 0 Å². The number of halogens is 3. The van der Waals surface area contributed by atoms with Gasteiger partial charge >= 0.3 is 0 Å². The maximum absolute atomic E-state index is 10.7. The molecule has 0 amide bonds. The molecular formula is C12H10Br2ClNO4S2. The molecule has 0 aromatic heterocycles. The van der Waals surface area contributed by atoms with E-state index in [2.05, 4.69) is 31.9 Å². The van der Waals surface area contributed by atoms with Crippen LogP contribution in [0.5, 0.6) is 0 Å². The Morgan fingerprint density at radius 3 is 1.32 bits per heavy atom. The molecule has 5 nitrogen and oxygen atoms in total. The third kappa shape index (κ3) is 6.76. The van der Waals surface area contributed by atoms with Gasteiger partial charge in [-0.05, 0) is 48.5 Å². The van der Waals surface area contributed by atoms with Crippen LogP contribution in [0.15, 0.2) is 67.3 Å². The molecule has 10 heteroatoms. The fourth-order valence-electron chi connectivity index (χ4n) is 1.22. The first-order chi connectivity index (χ1) is 10.00. The zero-order valence-corrected chi connectivity index (χ0v) is 16.3. The summed E-state index contributed by atoms with van der Waals surface area (Å²) in [5.74, 6) is 0. The molecule has 0 spiro atoms. The fourth-order valence-corrected chi connectivity index (χ4v) is 3.04. The van der Waals surface area contributed by atoms with Crippen molar-refractivity contribution < 1.29 is 16.8 Å². The number of rotatable bonds is 2. The van der Waals surface area contributed by atoms with Crippen LogP contribution in [0.25, 0.3) is 0 Å². The van der Waals surface area contributed by atoms with Gasteiger partial charge in [0.15, 0.2) is 0 Å². The van der Waals surface area contributed by atoms with E-state index in [0.29, 0.717) is 0 Å². The molecule has 2 N–H and O–H groups in total. The second kappa shape index (κ2) is 7.89. The number of hydrogen-bond donors (Lipinski definition) is 1. The predicted octanol–water partition coefficient (Wildman–Crippen LogP) is 3.47. The van der Waals surface area contributed by atoms with E-state index in [9.17, 15) is 16.8 Å². The standard InChI is InChI=1S/C6H4BrClO2S.C6H6BrNO2S/c2*7-5-1-3-6(4-2-5)11(8,9)10/h1-4H;1-4H,(H2,8,9,10). The lowest BCUT2D eigenvalue weighted by molar-refractivity contribution is 0.597. The first-order valence-corrected chi connectivity index (χ1v) is 10.9. The molecule has 0 radical (unpaired) electrons. The fraction of sp³-hybridized carbons (Fsp3) is 0. The second-order valence-corrected chi connectivity index (χ2v) is 9.85. The third-order valence-electron chi connectivity index (χ3n) is 2.24. The molecule has 120 valence electrons. The van der Waals surface area contributed by atoms with E-state index in [-0.39, 0.29) is 9.79 Å². The van der Waals surface area contributed by atoms with E-state index in [1.54, 1.807) is 24.3 Å². The van der Waals surface area contributed by atoms with E-state index >= 15 is 0 Å². The zero-order chi connectivity index (χ0) is 17.0. The van der Waals surface area contributed by atoms with Crippen molar-refractivity contribution in [3.63, 3.8) is 0 Å². The third-order valence-corrected chi connectivity index (χ3v) is 5.59. The van der Waals surface area contributed by atoms with Crippen LogP contribution in [0.4, 0.5) is 0 Å². The molecule has 22 heavy (non-hydrogen) atoms. The summed E-state index contributed by atoms with van der Waals surface area (Å²) in [6.45, 7) is 0. The van der Waals surface area contributed by atoms with Gasteiger partial charge in [0.25, 0.3) is 9.05 Å². The molecule has 0 aliphatic carbocycles. The van der Waals surface area contributed by atoms with Crippen LogP contribution in [0.1, 0.15) is 0 Å². The smallest absolute Gasteiger partial charge is 0.225 e. The summed E-state index contributed by atoms with van der Waals surface area (Å²) < 4.78 is 44.4. The van der Waals surface area contributed by atoms with E-state index in [1.807, 2.05) is 0 Å². The lowest BCUT2D eigenvalue weighted by atomic mass is 10.4. The lowest BCUT2D eigenvalue weighted by Gasteiger charge is -1.95. The normalized spacial score (nSPS) is 11.5. The summed E-state index contributed by atoms with van der Waals surface area (Å²) >= 11 is 6.35. The Morgan fingerprint density at radius 1 is 0.727 bits per heavy atom. The molecule has 0 bridgehead atoms. The van der Waals surface area contributed by atoms with Crippen molar-refractivity contribution >= 4 is 61.6 Å². The minimum absolute atomic E-state index is 0.113. The molecule has 0 atom stereocenters. The minimum atomic E-state index is -3.57. The SMILES string of the molecule is NS(=O)(=O)c1ccc(Br)cc1.O=S(=O)(Cl)c1ccc(Br)cc1. The molecule has 0 unspecified atom stereocenters. The summed E-state index contributed by atoms with van der Waals surface area (Å²) in [5, 5.41) is 4.86. The Labute approximate surface area is 150 Å². The molecule has 0 saturated heterocycles. The van der Waals surface area contributed by atoms with Crippen LogP contribution in [-0.2, 0) is 19.1 Å². The Bertz CT molecular complexity index is 762. The van der Waals surface area contributed by atoms with Crippen molar-refractivity contribution in [3.05, 3.63) is 57.5 Å². The van der Waals surface area contributed by atoms with Gasteiger partial charge in [0.2, 0.25) is 10.0 Å². The molecule has 2 rings (SSSR count). The maximum Gasteiger partial charge on any atom is 0.261 e. The molecule has 0 aliphatic heterocycles. The molecule has 2 aromatic carbocycles. The van der Waals surface area contributed by atoms with Crippen molar-refractivity contribution in [1.29, 1.82) is 0 Å². The Morgan fingerprint density at radius 2 is 1.05 bits per heavy atom. The van der Waals surface area contributed by atoms with Crippen molar-refractivity contribution in [2.75, 3.05) is 0 Å². The highest BCUT2D eigenvalue weighted by atomic mass is 79.9. The van der Waals surface area contributed by atoms with Crippen LogP contribution < -0.4 is 5.14 Å². The van der Waals surface area contributed by atoms with E-state index in [1.165, 1.54) is 24.3 Å². The highest BCUT2D eigenvalue weighted by Gasteiger charge is 2.07. The van der Waals surface area contributed by atoms with Crippen molar-refractivity contribution in [2.45, 2.75) is 9.79 Å². The average Bonchev–Trinajstić information content (AvgIpc) is 2.38. The molecule has 0 heterocycles. The quantitative estimate of drug-likeness (QED) is 0.651. The van der Waals surface area contributed by atoms with E-state index in [4.69, 9.17) is 15.8 Å². The van der Waals surface area contributed by atoms with E-state index < -0.39 is 19.1 Å². The highest BCUT2D eigenvalue weighted by molar-refractivity contribution is 9.10. The summed E-state index contributed by atoms with van der Waals surface area (Å²) in [6, 6.07) is 12.3. The van der Waals surface area contributed by atoms with Gasteiger partial charge in [0.1, 0.15) is 0 Å². The molecule has 2 aromatic rings. The van der Waals surface area contributed by atoms with Crippen molar-refractivity contribution in [2.24, 2.45) is 5.14 Å². The van der Waals surface area contributed by atoms with Gasteiger partial charge in [-0.25, -0.2) is 22.0 Å². The van der Waals surface area contributed by atoms with Crippen LogP contribution in [0.3, 0.4) is 0 Å². The first kappa shape index (κ1) is 19.6. The van der Waals surface area contributed by atoms with Gasteiger partial charge in [0.05, 0.1) is 9.79 Å². The van der Waals surface area contributed by atoms with Crippen molar-refractivity contribution in [1.82, 2.24) is 0 Å². The van der Waals surface area contributed by atoms with Gasteiger partial charge in [-0.1, -0.05) is 31.9 Å². The lowest BCUT2D eigenvalue weighted by Crippen LogP contribution is -2.11. The predicted molar refractivity (Wildman–Crippen MR) is 92.7 cm³/mol. The number of primary sulfonamides is 1. The maximum atomic E-state index is 10.7. The summed E-state index contributed by atoms with van der Waals surface area (Å²) in [4.78, 5) is 0.239. The van der Waals surface area contributed by atoms with Crippen LogP contribution >= 0.6 is 42.5 Å². The second-order valence-electron chi connectivity index (χ2n) is 3.89. The van der Waals surface area contributed by atoms with E-state index in [0.717, 1.165) is 8.95 Å². The summed E-state index contributed by atoms with van der Waals surface area (Å²) in [6.07, 6.45) is 0. The molecular weight excluding hydrogens is 482 g/mol. The van der Waals surface area contributed by atoms with Gasteiger partial charge in [0, 0.05) is 19.6 Å². The monoisotopic (exact) mass is 489 g/mol. The Balaban J connectivity index is 0.000000220. The minimum Gasteiger partial charge on any atom is -0.225 e. The van der Waals surface area contributed by atoms with Gasteiger partial charge in [-0.3, -0.25) is 0 Å². The molecule has 0 saturated carbocycles. The Kier molecular flexibility index (Phi) is 7.03. The number of sulfonamides is 1. The van der Waals surface area contributed by atoms with Crippen LogP contribution in [-0.4, -0.2) is 16.8 Å². The number of benzene rings is 2. The summed E-state index contributed by atoms with van der Waals surface area (Å²) in [5.41, 5.74) is 0. The Hall–Kier alpha value is -0.450. The highest BCUT2D eigenvalue weighted by Crippen LogP contribution is 2.17. The molecule has 0 fully saturated rings. The topological polar surface area (TPSA) is 94.3 Å². The average molecular weight is 492 g/mol. The summed E-state index contributed by atoms with van der Waals surface area (Å²) in [7, 11) is -2.04. The van der Waals surface area contributed by atoms with Gasteiger partial charge in [-0.15, -0.1) is 0 Å². The van der Waals surface area contributed by atoms with Gasteiger partial charge in [-0.2, -0.15) is 0 Å². The zero-order valence-electron chi connectivity index (χ0n) is 10.8. The first-order valence-electron chi connectivity index (χ1n) is 5.49.